The van der Waals surface area contributed by atoms with Crippen molar-refractivity contribution in [2.24, 2.45) is 0 Å². The minimum atomic E-state index is -1.08. The second kappa shape index (κ2) is 4.14. The van der Waals surface area contributed by atoms with Gasteiger partial charge in [0.05, 0.1) is 23.9 Å². The van der Waals surface area contributed by atoms with Gasteiger partial charge in [-0.25, -0.2) is 9.50 Å². The molecule has 0 saturated carbocycles. The molecule has 6 heteroatoms. The smallest absolute Gasteiger partial charge is 0.153 e. The van der Waals surface area contributed by atoms with E-state index in [9.17, 15) is 10.2 Å². The molecule has 0 aromatic carbocycles. The summed E-state index contributed by atoms with van der Waals surface area (Å²) in [7, 11) is 0. The fourth-order valence-electron chi connectivity index (χ4n) is 1.33. The van der Waals surface area contributed by atoms with Crippen LogP contribution in [0.3, 0.4) is 0 Å². The third-order valence-electron chi connectivity index (χ3n) is 2.13. The zero-order valence-electron chi connectivity index (χ0n) is 7.79. The Hall–Kier alpha value is -1.17. The molecule has 0 amide bonds. The molecule has 80 valence electrons. The number of alkyl halides is 1. The number of hydrogen-bond donors (Lipinski definition) is 2. The topological polar surface area (TPSA) is 70.7 Å². The standard InChI is InChI=1S/C9H10ClN3O2/c10-4-7(14)9(15)6-5-11-8-2-1-3-12-13(6)8/h1-3,5,7,9,14-15H,4H2. The first-order valence-corrected chi connectivity index (χ1v) is 4.98. The fourth-order valence-corrected chi connectivity index (χ4v) is 1.50. The quantitative estimate of drug-likeness (QED) is 0.743. The molecule has 2 heterocycles. The molecule has 2 atom stereocenters. The Balaban J connectivity index is 2.43. The number of aromatic nitrogens is 3. The van der Waals surface area contributed by atoms with Crippen LogP contribution in [0.25, 0.3) is 5.65 Å². The van der Waals surface area contributed by atoms with Crippen LogP contribution in [-0.4, -0.2) is 36.8 Å². The second-order valence-electron chi connectivity index (χ2n) is 3.14. The highest BCUT2D eigenvalue weighted by Crippen LogP contribution is 2.17. The largest absolute Gasteiger partial charge is 0.389 e. The lowest BCUT2D eigenvalue weighted by atomic mass is 10.2. The van der Waals surface area contributed by atoms with Crippen LogP contribution in [0.1, 0.15) is 11.8 Å². The van der Waals surface area contributed by atoms with E-state index in [4.69, 9.17) is 11.6 Å². The molecule has 0 spiro atoms. The molecule has 2 unspecified atom stereocenters. The molecule has 0 fully saturated rings. The SMILES string of the molecule is OC(CCl)C(O)c1cnc2cccnn12. The summed E-state index contributed by atoms with van der Waals surface area (Å²) in [6.07, 6.45) is 0.960. The summed E-state index contributed by atoms with van der Waals surface area (Å²) in [4.78, 5) is 4.04. The monoisotopic (exact) mass is 227 g/mol. The van der Waals surface area contributed by atoms with Gasteiger partial charge in [-0.1, -0.05) is 0 Å². The van der Waals surface area contributed by atoms with Crippen LogP contribution in [0.4, 0.5) is 0 Å². The minimum Gasteiger partial charge on any atom is -0.389 e. The Morgan fingerprint density at radius 3 is 3.00 bits per heavy atom. The summed E-state index contributed by atoms with van der Waals surface area (Å²) in [5.41, 5.74) is 1.05. The summed E-state index contributed by atoms with van der Waals surface area (Å²) in [6.45, 7) is 0. The van der Waals surface area contributed by atoms with Gasteiger partial charge in [-0.15, -0.1) is 11.6 Å². The summed E-state index contributed by atoms with van der Waals surface area (Å²) >= 11 is 5.45. The summed E-state index contributed by atoms with van der Waals surface area (Å²) in [6, 6.07) is 3.51. The number of imidazole rings is 1. The van der Waals surface area contributed by atoms with E-state index in [1.54, 1.807) is 18.3 Å². The van der Waals surface area contributed by atoms with Crippen molar-refractivity contribution < 1.29 is 10.2 Å². The van der Waals surface area contributed by atoms with E-state index in [1.807, 2.05) is 0 Å². The van der Waals surface area contributed by atoms with Crippen molar-refractivity contribution in [3.63, 3.8) is 0 Å². The molecule has 0 bridgehead atoms. The molecule has 2 aromatic rings. The summed E-state index contributed by atoms with van der Waals surface area (Å²) < 4.78 is 1.47. The average molecular weight is 228 g/mol. The Bertz CT molecular complexity index is 459. The zero-order valence-corrected chi connectivity index (χ0v) is 8.54. The third-order valence-corrected chi connectivity index (χ3v) is 2.45. The zero-order chi connectivity index (χ0) is 10.8. The van der Waals surface area contributed by atoms with Gasteiger partial charge >= 0.3 is 0 Å². The summed E-state index contributed by atoms with van der Waals surface area (Å²) in [5, 5.41) is 23.2. The number of fused-ring (bicyclic) bond motifs is 1. The van der Waals surface area contributed by atoms with Crippen molar-refractivity contribution in [1.29, 1.82) is 0 Å². The molecule has 2 aromatic heterocycles. The lowest BCUT2D eigenvalue weighted by molar-refractivity contribution is 0.0288. The highest BCUT2D eigenvalue weighted by atomic mass is 35.5. The van der Waals surface area contributed by atoms with Crippen LogP contribution >= 0.6 is 11.6 Å². The molecule has 0 aliphatic heterocycles. The molecular weight excluding hydrogens is 218 g/mol. The normalized spacial score (nSPS) is 15.4. The Labute approximate surface area is 90.9 Å². The van der Waals surface area contributed by atoms with Crippen LogP contribution < -0.4 is 0 Å². The Morgan fingerprint density at radius 2 is 2.27 bits per heavy atom. The molecular formula is C9H10ClN3O2. The van der Waals surface area contributed by atoms with Crippen LogP contribution in [-0.2, 0) is 0 Å². The van der Waals surface area contributed by atoms with Crippen LogP contribution in [0.15, 0.2) is 24.5 Å². The van der Waals surface area contributed by atoms with Crippen LogP contribution in [0.5, 0.6) is 0 Å². The van der Waals surface area contributed by atoms with Crippen LogP contribution in [0, 0.1) is 0 Å². The molecule has 2 N–H and O–H groups in total. The lowest BCUT2D eigenvalue weighted by Crippen LogP contribution is -2.21. The van der Waals surface area contributed by atoms with Gasteiger partial charge in [0.15, 0.2) is 5.65 Å². The number of halogens is 1. The van der Waals surface area contributed by atoms with Gasteiger partial charge in [-0.3, -0.25) is 0 Å². The van der Waals surface area contributed by atoms with Gasteiger partial charge in [-0.05, 0) is 12.1 Å². The van der Waals surface area contributed by atoms with Gasteiger partial charge in [0, 0.05) is 6.20 Å². The molecule has 5 nitrogen and oxygen atoms in total. The van der Waals surface area contributed by atoms with Gasteiger partial charge < -0.3 is 10.2 Å². The van der Waals surface area contributed by atoms with Crippen molar-refractivity contribution in [3.05, 3.63) is 30.2 Å². The maximum atomic E-state index is 9.74. The van der Waals surface area contributed by atoms with E-state index < -0.39 is 12.2 Å². The number of aliphatic hydroxyl groups is 2. The van der Waals surface area contributed by atoms with E-state index in [2.05, 4.69) is 10.1 Å². The van der Waals surface area contributed by atoms with Crippen molar-refractivity contribution in [2.45, 2.75) is 12.2 Å². The van der Waals surface area contributed by atoms with E-state index >= 15 is 0 Å². The van der Waals surface area contributed by atoms with Gasteiger partial charge in [0.1, 0.15) is 6.10 Å². The first-order valence-electron chi connectivity index (χ1n) is 4.45. The van der Waals surface area contributed by atoms with E-state index in [1.165, 1.54) is 10.7 Å². The predicted molar refractivity (Wildman–Crippen MR) is 54.7 cm³/mol. The number of hydrogen-bond acceptors (Lipinski definition) is 4. The third kappa shape index (κ3) is 1.81. The Morgan fingerprint density at radius 1 is 1.47 bits per heavy atom. The first kappa shape index (κ1) is 10.4. The second-order valence-corrected chi connectivity index (χ2v) is 3.45. The highest BCUT2D eigenvalue weighted by Gasteiger charge is 2.21. The van der Waals surface area contributed by atoms with Gasteiger partial charge in [-0.2, -0.15) is 5.10 Å². The first-order chi connectivity index (χ1) is 7.24. The highest BCUT2D eigenvalue weighted by molar-refractivity contribution is 6.18. The number of nitrogens with zero attached hydrogens (tertiary/aromatic N) is 3. The molecule has 0 radical (unpaired) electrons. The maximum absolute atomic E-state index is 9.74. The van der Waals surface area contributed by atoms with Gasteiger partial charge in [0.25, 0.3) is 0 Å². The molecule has 15 heavy (non-hydrogen) atoms. The van der Waals surface area contributed by atoms with Crippen molar-refractivity contribution in [2.75, 3.05) is 5.88 Å². The van der Waals surface area contributed by atoms with Crippen molar-refractivity contribution in [3.8, 4) is 0 Å². The van der Waals surface area contributed by atoms with E-state index in [0.29, 0.717) is 11.3 Å². The minimum absolute atomic E-state index is 0.0404. The fraction of sp³-hybridized carbons (Fsp3) is 0.333. The molecule has 0 aliphatic rings. The predicted octanol–water partition coefficient (Wildman–Crippen LogP) is 0.362. The van der Waals surface area contributed by atoms with Crippen molar-refractivity contribution in [1.82, 2.24) is 14.6 Å². The van der Waals surface area contributed by atoms with Gasteiger partial charge in [0.2, 0.25) is 0 Å². The maximum Gasteiger partial charge on any atom is 0.153 e. The Kier molecular flexibility index (Phi) is 2.86. The van der Waals surface area contributed by atoms with Crippen molar-refractivity contribution >= 4 is 17.2 Å². The lowest BCUT2D eigenvalue weighted by Gasteiger charge is -2.13. The molecule has 0 aliphatic carbocycles. The van der Waals surface area contributed by atoms with E-state index in [0.717, 1.165) is 0 Å². The average Bonchev–Trinajstić information content (AvgIpc) is 2.70. The van der Waals surface area contributed by atoms with Crippen LogP contribution in [0.2, 0.25) is 0 Å². The summed E-state index contributed by atoms with van der Waals surface area (Å²) in [5.74, 6) is -0.0404. The van der Waals surface area contributed by atoms with E-state index in [-0.39, 0.29) is 5.88 Å². The number of aliphatic hydroxyl groups excluding tert-OH is 2. The molecule has 2 rings (SSSR count). The number of rotatable bonds is 3. The molecule has 0 saturated heterocycles.